The van der Waals surface area contributed by atoms with E-state index in [1.165, 1.54) is 0 Å². The zero-order valence-corrected chi connectivity index (χ0v) is 34.3. The van der Waals surface area contributed by atoms with Crippen LogP contribution >= 0.6 is 0 Å². The van der Waals surface area contributed by atoms with Crippen LogP contribution in [-0.4, -0.2) is 65.1 Å². The molecule has 6 atom stereocenters. The molecule has 4 fully saturated rings. The van der Waals surface area contributed by atoms with Crippen LogP contribution in [0.3, 0.4) is 0 Å². The van der Waals surface area contributed by atoms with Gasteiger partial charge in [-0.25, -0.2) is 0 Å². The van der Waals surface area contributed by atoms with E-state index in [-0.39, 0.29) is 36.3 Å². The smallest absolute Gasteiger partial charge is 0.494 e. The molecule has 2 bridgehead atoms. The summed E-state index contributed by atoms with van der Waals surface area (Å²) in [5, 5.41) is 0. The van der Waals surface area contributed by atoms with E-state index in [0.717, 1.165) is 143 Å². The second-order valence-corrected chi connectivity index (χ2v) is 15.9. The van der Waals surface area contributed by atoms with Crippen LogP contribution in [0.5, 0.6) is 23.0 Å². The molecule has 2 aliphatic carbocycles. The summed E-state index contributed by atoms with van der Waals surface area (Å²) >= 11 is 0. The van der Waals surface area contributed by atoms with Crippen LogP contribution in [0, 0.1) is 11.8 Å². The molecule has 10 heteroatoms. The maximum absolute atomic E-state index is 6.89. The Hall–Kier alpha value is -3.43. The Balaban J connectivity index is 1.14. The van der Waals surface area contributed by atoms with E-state index in [1.807, 2.05) is 60.7 Å². The lowest BCUT2D eigenvalue weighted by Crippen LogP contribution is -2.44. The monoisotopic (exact) mass is 780 g/mol. The molecule has 0 N–H and O–H groups in total. The average Bonchev–Trinajstić information content (AvgIpc) is 4.01. The summed E-state index contributed by atoms with van der Waals surface area (Å²) in [5.74, 6) is 3.33. The third kappa shape index (κ3) is 11.4. The molecule has 0 aromatic heterocycles. The van der Waals surface area contributed by atoms with Gasteiger partial charge in [-0.05, 0) is 133 Å². The minimum Gasteiger partial charge on any atom is -0.494 e. The van der Waals surface area contributed by atoms with Crippen LogP contribution in [0.1, 0.15) is 109 Å². The topological polar surface area (TPSA) is 73.8 Å². The molecule has 0 radical (unpaired) electrons. The zero-order valence-electron chi connectivity index (χ0n) is 34.3. The van der Waals surface area contributed by atoms with Gasteiger partial charge in [0.05, 0.1) is 61.8 Å². The van der Waals surface area contributed by atoms with E-state index >= 15 is 0 Å². The SMILES string of the molecule is C=CCCCCCOc1cccc(OCCCCCC=C)c1B1O[C@@H]2C3CC([C@H]4OB(c5c(OCCCCCC=C)cccc5OCCCCCC=C)O[C@@H]34)[C@@H]2O1. The molecule has 57 heavy (non-hydrogen) atoms. The van der Waals surface area contributed by atoms with Crippen molar-refractivity contribution in [3.05, 3.63) is 87.0 Å². The minimum atomic E-state index is -0.597. The molecule has 0 amide bonds. The minimum absolute atomic E-state index is 0.115. The van der Waals surface area contributed by atoms with Crippen molar-refractivity contribution in [2.45, 2.75) is 134 Å². The first kappa shape index (κ1) is 43.2. The highest BCUT2D eigenvalue weighted by Crippen LogP contribution is 2.55. The molecule has 2 unspecified atom stereocenters. The molecule has 2 heterocycles. The Morgan fingerprint density at radius 2 is 0.719 bits per heavy atom. The van der Waals surface area contributed by atoms with Crippen LogP contribution in [0.2, 0.25) is 0 Å². The predicted octanol–water partition coefficient (Wildman–Crippen LogP) is 9.50. The predicted molar refractivity (Wildman–Crippen MR) is 231 cm³/mol. The average molecular weight is 781 g/mol. The maximum Gasteiger partial charge on any atom is 0.502 e. The summed E-state index contributed by atoms with van der Waals surface area (Å²) in [6, 6.07) is 12.1. The lowest BCUT2D eigenvalue weighted by Gasteiger charge is -2.31. The second kappa shape index (κ2) is 23.2. The number of benzene rings is 2. The molecule has 2 saturated carbocycles. The number of hydrogen-bond donors (Lipinski definition) is 0. The molecule has 2 aromatic carbocycles. The van der Waals surface area contributed by atoms with E-state index in [4.69, 9.17) is 37.6 Å². The highest BCUT2D eigenvalue weighted by Gasteiger charge is 2.68. The Labute approximate surface area is 343 Å². The van der Waals surface area contributed by atoms with Gasteiger partial charge in [0.2, 0.25) is 0 Å². The summed E-state index contributed by atoms with van der Waals surface area (Å²) in [5.41, 5.74) is 1.69. The van der Waals surface area contributed by atoms with Gasteiger partial charge < -0.3 is 37.6 Å². The molecule has 2 aromatic rings. The number of unbranched alkanes of at least 4 members (excludes halogenated alkanes) is 12. The molecule has 8 nitrogen and oxygen atoms in total. The molecule has 6 rings (SSSR count). The summed E-state index contributed by atoms with van der Waals surface area (Å²) in [7, 11) is -1.19. The fourth-order valence-corrected chi connectivity index (χ4v) is 8.83. The van der Waals surface area contributed by atoms with Crippen LogP contribution in [-0.2, 0) is 18.6 Å². The fraction of sp³-hybridized carbons (Fsp3) is 0.574. The first-order chi connectivity index (χ1) is 28.2. The zero-order chi connectivity index (χ0) is 39.7. The summed E-state index contributed by atoms with van der Waals surface area (Å²) < 4.78 is 53.3. The van der Waals surface area contributed by atoms with Crippen molar-refractivity contribution in [1.29, 1.82) is 0 Å². The highest BCUT2D eigenvalue weighted by atomic mass is 16.7. The van der Waals surface area contributed by atoms with Crippen LogP contribution in [0.15, 0.2) is 87.0 Å². The molecular weight excluding hydrogens is 714 g/mol. The van der Waals surface area contributed by atoms with E-state index in [2.05, 4.69) is 26.3 Å². The van der Waals surface area contributed by atoms with Crippen molar-refractivity contribution in [2.24, 2.45) is 11.8 Å². The fourth-order valence-electron chi connectivity index (χ4n) is 8.83. The van der Waals surface area contributed by atoms with Gasteiger partial charge in [-0.15, -0.1) is 26.3 Å². The molecular formula is C47H66B2O8. The highest BCUT2D eigenvalue weighted by molar-refractivity contribution is 6.64. The summed E-state index contributed by atoms with van der Waals surface area (Å²) in [6.45, 7) is 17.9. The van der Waals surface area contributed by atoms with Crippen LogP contribution < -0.4 is 29.9 Å². The lowest BCUT2D eigenvalue weighted by atomic mass is 9.77. The second-order valence-electron chi connectivity index (χ2n) is 15.9. The van der Waals surface area contributed by atoms with Crippen molar-refractivity contribution in [1.82, 2.24) is 0 Å². The first-order valence-corrected chi connectivity index (χ1v) is 22.0. The van der Waals surface area contributed by atoms with Crippen molar-refractivity contribution < 1.29 is 37.6 Å². The van der Waals surface area contributed by atoms with Gasteiger partial charge in [-0.1, -0.05) is 36.4 Å². The summed E-state index contributed by atoms with van der Waals surface area (Å²) in [6.07, 6.45) is 25.2. The van der Waals surface area contributed by atoms with Gasteiger partial charge in [0.15, 0.2) is 0 Å². The Kier molecular flexibility index (Phi) is 17.6. The van der Waals surface area contributed by atoms with Gasteiger partial charge >= 0.3 is 14.2 Å². The Bertz CT molecular complexity index is 1350. The molecule has 0 spiro atoms. The number of fused-ring (bicyclic) bond motifs is 8. The van der Waals surface area contributed by atoms with Gasteiger partial charge in [0.1, 0.15) is 23.0 Å². The first-order valence-electron chi connectivity index (χ1n) is 22.0. The van der Waals surface area contributed by atoms with Crippen molar-refractivity contribution in [3.8, 4) is 23.0 Å². The third-order valence-electron chi connectivity index (χ3n) is 11.8. The van der Waals surface area contributed by atoms with Gasteiger partial charge in [-0.2, -0.15) is 0 Å². The Morgan fingerprint density at radius 1 is 0.439 bits per heavy atom. The van der Waals surface area contributed by atoms with Gasteiger partial charge in [0.25, 0.3) is 0 Å². The number of rotatable bonds is 30. The largest absolute Gasteiger partial charge is 0.502 e. The number of hydrogen-bond acceptors (Lipinski definition) is 8. The van der Waals surface area contributed by atoms with E-state index in [1.54, 1.807) is 0 Å². The molecule has 2 aliphatic heterocycles. The molecule has 308 valence electrons. The number of ether oxygens (including phenoxy) is 4. The molecule has 4 aliphatic rings. The van der Waals surface area contributed by atoms with E-state index in [9.17, 15) is 0 Å². The van der Waals surface area contributed by atoms with Crippen LogP contribution in [0.4, 0.5) is 0 Å². The molecule has 2 saturated heterocycles. The van der Waals surface area contributed by atoms with Crippen LogP contribution in [0.25, 0.3) is 0 Å². The Morgan fingerprint density at radius 3 is 0.982 bits per heavy atom. The normalized spacial score (nSPS) is 22.9. The summed E-state index contributed by atoms with van der Waals surface area (Å²) in [4.78, 5) is 0. The quantitative estimate of drug-likeness (QED) is 0.0441. The van der Waals surface area contributed by atoms with Crippen molar-refractivity contribution in [3.63, 3.8) is 0 Å². The number of allylic oxidation sites excluding steroid dienone is 4. The van der Waals surface area contributed by atoms with Gasteiger partial charge in [0, 0.05) is 11.8 Å². The van der Waals surface area contributed by atoms with Crippen molar-refractivity contribution >= 4 is 25.2 Å². The van der Waals surface area contributed by atoms with Gasteiger partial charge in [-0.3, -0.25) is 0 Å². The standard InChI is InChI=1S/C47H66B2O8/c1-5-9-13-17-21-31-50-38-27-25-28-39(51-32-22-18-14-10-6-2)42(38)48-54-44-36-35-37(45(44)55-48)47-46(36)56-49(57-47)43-40(52-33-23-19-15-11-7-3)29-26-30-41(43)53-34-24-20-16-12-8-4/h5-8,25-30,36-37,44-47H,1-4,9-24,31-35H2/t36?,37?,44-,45+,46+,47-. The maximum atomic E-state index is 6.89. The van der Waals surface area contributed by atoms with Crippen molar-refractivity contribution in [2.75, 3.05) is 26.4 Å². The third-order valence-corrected chi connectivity index (χ3v) is 11.8. The van der Waals surface area contributed by atoms with E-state index < -0.39 is 14.2 Å². The lowest BCUT2D eigenvalue weighted by molar-refractivity contribution is -0.00476. The van der Waals surface area contributed by atoms with E-state index in [0.29, 0.717) is 26.4 Å².